The minimum atomic E-state index is 0.0404. The molecule has 57 heavy (non-hydrogen) atoms. The van der Waals surface area contributed by atoms with E-state index >= 15 is 0 Å². The molecule has 0 aliphatic heterocycles. The van der Waals surface area contributed by atoms with Crippen LogP contribution >= 0.6 is 0 Å². The van der Waals surface area contributed by atoms with Gasteiger partial charge in [-0.2, -0.15) is 0 Å². The molecule has 0 amide bonds. The zero-order chi connectivity index (χ0) is 40.3. The summed E-state index contributed by atoms with van der Waals surface area (Å²) >= 11 is 0. The van der Waals surface area contributed by atoms with Crippen LogP contribution in [0.2, 0.25) is 0 Å². The summed E-state index contributed by atoms with van der Waals surface area (Å²) < 4.78 is 1.62. The summed E-state index contributed by atoms with van der Waals surface area (Å²) in [6, 6.07) is 52.5. The highest BCUT2D eigenvalue weighted by atomic mass is 16.1. The summed E-state index contributed by atoms with van der Waals surface area (Å²) in [6.45, 7) is 6.39. The summed E-state index contributed by atoms with van der Waals surface area (Å²) in [5.41, 5.74) is 7.84. The van der Waals surface area contributed by atoms with E-state index in [1.165, 1.54) is 16.7 Å². The van der Waals surface area contributed by atoms with Crippen molar-refractivity contribution in [2.24, 2.45) is 0 Å². The lowest BCUT2D eigenvalue weighted by Gasteiger charge is -2.35. The van der Waals surface area contributed by atoms with Gasteiger partial charge in [-0.3, -0.25) is 19.3 Å². The second kappa shape index (κ2) is 18.9. The van der Waals surface area contributed by atoms with E-state index < -0.39 is 0 Å². The molecule has 0 bridgehead atoms. The van der Waals surface area contributed by atoms with Crippen molar-refractivity contribution >= 4 is 17.3 Å². The zero-order valence-electron chi connectivity index (χ0n) is 33.8. The quantitative estimate of drug-likeness (QED) is 0.0613. The van der Waals surface area contributed by atoms with Gasteiger partial charge in [0, 0.05) is 64.1 Å². The largest absolute Gasteiger partial charge is 0.324 e. The smallest absolute Gasteiger partial charge is 0.193 e. The Labute approximate surface area is 338 Å². The van der Waals surface area contributed by atoms with Gasteiger partial charge in [-0.05, 0) is 12.0 Å². The van der Waals surface area contributed by atoms with Crippen molar-refractivity contribution in [2.45, 2.75) is 19.5 Å². The van der Waals surface area contributed by atoms with E-state index in [1.54, 1.807) is 0 Å². The molecule has 0 radical (unpaired) electrons. The Morgan fingerprint density at radius 2 is 0.649 bits per heavy atom. The predicted octanol–water partition coefficient (Wildman–Crippen LogP) is 8.78. The van der Waals surface area contributed by atoms with Gasteiger partial charge in [-0.1, -0.05) is 164 Å². The summed E-state index contributed by atoms with van der Waals surface area (Å²) in [7, 11) is 9.09. The molecular weight excluding hydrogens is 703 g/mol. The van der Waals surface area contributed by atoms with Crippen LogP contribution in [-0.4, -0.2) is 92.1 Å². The Kier molecular flexibility index (Phi) is 13.5. The average Bonchev–Trinajstić information content (AvgIpc) is 3.24. The van der Waals surface area contributed by atoms with Gasteiger partial charge >= 0.3 is 0 Å². The van der Waals surface area contributed by atoms with Crippen LogP contribution < -0.4 is 0 Å². The Balaban J connectivity index is 1.09. The van der Waals surface area contributed by atoms with Crippen molar-refractivity contribution in [3.8, 4) is 0 Å². The molecule has 0 fully saturated rings. The number of benzene rings is 6. The lowest BCUT2D eigenvalue weighted by Crippen LogP contribution is -2.49. The number of hydrogen-bond donors (Lipinski definition) is 0. The second-order valence-corrected chi connectivity index (χ2v) is 16.4. The molecular formula is C51H55N3O3+2. The molecule has 0 saturated heterocycles. The molecule has 0 N–H and O–H groups in total. The molecule has 6 nitrogen and oxygen atoms in total. The molecule has 0 spiro atoms. The van der Waals surface area contributed by atoms with Crippen molar-refractivity contribution < 1.29 is 23.3 Å². The highest BCUT2D eigenvalue weighted by Crippen LogP contribution is 2.18. The molecule has 6 aromatic rings. The van der Waals surface area contributed by atoms with Crippen LogP contribution in [0.15, 0.2) is 164 Å². The third-order valence-electron chi connectivity index (χ3n) is 10.7. The monoisotopic (exact) mass is 757 g/mol. The molecule has 0 aromatic heterocycles. The van der Waals surface area contributed by atoms with Gasteiger partial charge in [0.1, 0.15) is 13.1 Å². The van der Waals surface area contributed by atoms with Gasteiger partial charge in [0.15, 0.2) is 17.3 Å². The van der Waals surface area contributed by atoms with Crippen LogP contribution in [0.3, 0.4) is 0 Å². The average molecular weight is 758 g/mol. The number of carbonyl (C=O) groups excluding carboxylic acids is 3. The maximum absolute atomic E-state index is 13.0. The van der Waals surface area contributed by atoms with Crippen LogP contribution in [0.5, 0.6) is 0 Å². The molecule has 0 atom stereocenters. The standard InChI is InChI=1S/C51H55N3O3/c1-53(2,38-41-22-28-47(29-23-41)50(56)44-16-10-6-11-17-44)36-34-52(33-32-40-20-26-46(27-21-40)49(55)43-14-8-5-9-15-43)35-37-54(3,4)39-42-24-30-48(31-25-42)51(57)45-18-12-7-13-19-45/h5-31H,32-39H2,1-4H3/q+2. The zero-order valence-corrected chi connectivity index (χ0v) is 33.8. The fourth-order valence-electron chi connectivity index (χ4n) is 7.21. The van der Waals surface area contributed by atoms with Crippen LogP contribution in [-0.2, 0) is 19.5 Å². The molecule has 6 heteroatoms. The summed E-state index contributed by atoms with van der Waals surface area (Å²) in [5, 5.41) is 0. The van der Waals surface area contributed by atoms with E-state index in [4.69, 9.17) is 0 Å². The van der Waals surface area contributed by atoms with E-state index in [0.717, 1.165) is 61.2 Å². The number of rotatable bonds is 19. The Morgan fingerprint density at radius 3 is 0.965 bits per heavy atom. The van der Waals surface area contributed by atoms with Crippen LogP contribution in [0.25, 0.3) is 0 Å². The van der Waals surface area contributed by atoms with Crippen molar-refractivity contribution in [1.29, 1.82) is 0 Å². The molecule has 0 aliphatic carbocycles. The molecule has 0 heterocycles. The maximum Gasteiger partial charge on any atom is 0.193 e. The number of nitrogens with zero attached hydrogens (tertiary/aromatic N) is 3. The molecule has 290 valence electrons. The van der Waals surface area contributed by atoms with Gasteiger partial charge in [0.05, 0.1) is 41.3 Å². The third-order valence-corrected chi connectivity index (χ3v) is 10.7. The number of quaternary nitrogens is 2. The molecule has 0 aliphatic rings. The van der Waals surface area contributed by atoms with E-state index in [0.29, 0.717) is 33.4 Å². The topological polar surface area (TPSA) is 54.5 Å². The van der Waals surface area contributed by atoms with Gasteiger partial charge < -0.3 is 8.97 Å². The van der Waals surface area contributed by atoms with Crippen molar-refractivity contribution in [1.82, 2.24) is 4.90 Å². The molecule has 6 aromatic carbocycles. The Hall–Kier alpha value is -5.79. The van der Waals surface area contributed by atoms with Gasteiger partial charge in [0.2, 0.25) is 0 Å². The lowest BCUT2D eigenvalue weighted by atomic mass is 10.0. The summed E-state index contributed by atoms with van der Waals surface area (Å²) in [4.78, 5) is 41.5. The van der Waals surface area contributed by atoms with Crippen LogP contribution in [0, 0.1) is 0 Å². The van der Waals surface area contributed by atoms with Crippen LogP contribution in [0.4, 0.5) is 0 Å². The van der Waals surface area contributed by atoms with E-state index in [2.05, 4.69) is 69.5 Å². The normalized spacial score (nSPS) is 11.7. The van der Waals surface area contributed by atoms with Crippen molar-refractivity contribution in [3.63, 3.8) is 0 Å². The van der Waals surface area contributed by atoms with Gasteiger partial charge in [-0.15, -0.1) is 0 Å². The third kappa shape index (κ3) is 11.9. The van der Waals surface area contributed by atoms with Gasteiger partial charge in [-0.25, -0.2) is 0 Å². The fourth-order valence-corrected chi connectivity index (χ4v) is 7.21. The summed E-state index contributed by atoms with van der Waals surface area (Å²) in [6.07, 6.45) is 0.883. The first-order valence-corrected chi connectivity index (χ1v) is 19.9. The maximum atomic E-state index is 13.0. The molecule has 0 unspecified atom stereocenters. The van der Waals surface area contributed by atoms with Crippen molar-refractivity contribution in [3.05, 3.63) is 214 Å². The molecule has 0 saturated carbocycles. The Bertz CT molecular complexity index is 2100. The van der Waals surface area contributed by atoms with Gasteiger partial charge in [0.25, 0.3) is 0 Å². The molecule has 6 rings (SSSR count). The highest BCUT2D eigenvalue weighted by molar-refractivity contribution is 6.10. The van der Waals surface area contributed by atoms with E-state index in [9.17, 15) is 14.4 Å². The fraction of sp³-hybridized carbons (Fsp3) is 0.235. The Morgan fingerprint density at radius 1 is 0.368 bits per heavy atom. The van der Waals surface area contributed by atoms with E-state index in [-0.39, 0.29) is 17.3 Å². The minimum Gasteiger partial charge on any atom is -0.324 e. The highest BCUT2D eigenvalue weighted by Gasteiger charge is 2.23. The second-order valence-electron chi connectivity index (χ2n) is 16.4. The van der Waals surface area contributed by atoms with E-state index in [1.807, 2.05) is 127 Å². The summed E-state index contributed by atoms with van der Waals surface area (Å²) in [5.74, 6) is 0.125. The number of likely N-dealkylation sites (N-methyl/N-ethyl adjacent to an activating group) is 2. The lowest BCUT2D eigenvalue weighted by molar-refractivity contribution is -0.905. The number of carbonyl (C=O) groups is 3. The first-order chi connectivity index (χ1) is 27.4. The SMILES string of the molecule is C[N+](C)(CCN(CCc1ccc(C(=O)c2ccccc2)cc1)CC[N+](C)(C)Cc1ccc(C(=O)c2ccccc2)cc1)Cc1ccc(C(=O)c2ccccc2)cc1. The predicted molar refractivity (Wildman–Crippen MR) is 230 cm³/mol. The minimum absolute atomic E-state index is 0.0404. The number of hydrogen-bond acceptors (Lipinski definition) is 4. The first kappa shape index (κ1) is 40.9. The first-order valence-electron chi connectivity index (χ1n) is 19.9. The van der Waals surface area contributed by atoms with Crippen LogP contribution in [0.1, 0.15) is 64.5 Å². The number of ketones is 3. The van der Waals surface area contributed by atoms with Crippen molar-refractivity contribution in [2.75, 3.05) is 60.9 Å².